The lowest BCUT2D eigenvalue weighted by Gasteiger charge is -2.35. The minimum absolute atomic E-state index is 0.0564. The van der Waals surface area contributed by atoms with Gasteiger partial charge in [0.1, 0.15) is 0 Å². The molecule has 1 heterocycles. The quantitative estimate of drug-likeness (QED) is 0.612. The molecule has 2 amide bonds. The van der Waals surface area contributed by atoms with Crippen LogP contribution in [0, 0.1) is 5.92 Å². The van der Waals surface area contributed by atoms with Gasteiger partial charge in [-0.3, -0.25) is 9.59 Å². The van der Waals surface area contributed by atoms with E-state index in [2.05, 4.69) is 4.72 Å². The molecule has 2 aliphatic rings. The van der Waals surface area contributed by atoms with Crippen LogP contribution < -0.4 is 4.72 Å². The molecule has 1 saturated heterocycles. The molecule has 176 valence electrons. The van der Waals surface area contributed by atoms with Crippen molar-refractivity contribution < 1.29 is 18.0 Å². The van der Waals surface area contributed by atoms with E-state index in [-0.39, 0.29) is 24.8 Å². The third-order valence-electron chi connectivity index (χ3n) is 6.36. The lowest BCUT2D eigenvalue weighted by molar-refractivity contribution is -0.139. The molecule has 0 bridgehead atoms. The van der Waals surface area contributed by atoms with Crippen LogP contribution in [0.15, 0.2) is 35.7 Å². The van der Waals surface area contributed by atoms with Gasteiger partial charge in [0.25, 0.3) is 0 Å². The van der Waals surface area contributed by atoms with Gasteiger partial charge < -0.3 is 9.80 Å². The molecular weight excluding hydrogens is 426 g/mol. The number of piperazine rings is 1. The summed E-state index contributed by atoms with van der Waals surface area (Å²) in [5, 5.41) is 1.12. The standard InChI is InChI=1S/C24H35N3O4S/c28-23(12-11-21-7-3-1-4-8-21)26-16-18-27(19-17-26)24(29)13-15-25-32(30,31)20-14-22-9-5-2-6-10-22/h2,5-6,9-10,14,20-21,25H,1,3-4,7-8,11-13,15-19H2. The number of hydrogen-bond acceptors (Lipinski definition) is 4. The van der Waals surface area contributed by atoms with Crippen molar-refractivity contribution in [1.29, 1.82) is 0 Å². The summed E-state index contributed by atoms with van der Waals surface area (Å²) in [5.74, 6) is 0.802. The smallest absolute Gasteiger partial charge is 0.233 e. The van der Waals surface area contributed by atoms with Crippen LogP contribution in [0.5, 0.6) is 0 Å². The van der Waals surface area contributed by atoms with Gasteiger partial charge in [-0.05, 0) is 24.0 Å². The normalized spacial score (nSPS) is 18.2. The molecule has 8 heteroatoms. The van der Waals surface area contributed by atoms with Crippen molar-refractivity contribution in [2.24, 2.45) is 5.92 Å². The summed E-state index contributed by atoms with van der Waals surface area (Å²) in [5.41, 5.74) is 0.792. The van der Waals surface area contributed by atoms with E-state index in [9.17, 15) is 18.0 Å². The summed E-state index contributed by atoms with van der Waals surface area (Å²) in [6.45, 7) is 2.19. The van der Waals surface area contributed by atoms with Crippen LogP contribution in [0.4, 0.5) is 0 Å². The lowest BCUT2D eigenvalue weighted by atomic mass is 9.86. The van der Waals surface area contributed by atoms with E-state index < -0.39 is 10.0 Å². The molecule has 1 aromatic rings. The molecule has 0 unspecified atom stereocenters. The molecule has 2 fully saturated rings. The number of nitrogens with zero attached hydrogens (tertiary/aromatic N) is 2. The maximum Gasteiger partial charge on any atom is 0.233 e. The number of benzene rings is 1. The zero-order valence-corrected chi connectivity index (χ0v) is 19.6. The first-order chi connectivity index (χ1) is 15.4. The Bertz CT molecular complexity index is 872. The lowest BCUT2D eigenvalue weighted by Crippen LogP contribution is -2.51. The van der Waals surface area contributed by atoms with Gasteiger partial charge in [-0.25, -0.2) is 13.1 Å². The van der Waals surface area contributed by atoms with Gasteiger partial charge in [-0.1, -0.05) is 62.4 Å². The summed E-state index contributed by atoms with van der Waals surface area (Å²) in [6.07, 6.45) is 9.63. The van der Waals surface area contributed by atoms with Gasteiger partial charge in [0.15, 0.2) is 0 Å². The maximum atomic E-state index is 12.5. The van der Waals surface area contributed by atoms with Crippen LogP contribution in [-0.2, 0) is 19.6 Å². The molecule has 0 atom stereocenters. The number of sulfonamides is 1. The molecule has 3 rings (SSSR count). The summed E-state index contributed by atoms with van der Waals surface area (Å²) in [4.78, 5) is 28.5. The molecule has 0 radical (unpaired) electrons. The second-order valence-corrected chi connectivity index (χ2v) is 10.4. The first-order valence-electron chi connectivity index (χ1n) is 11.7. The highest BCUT2D eigenvalue weighted by atomic mass is 32.2. The molecular formula is C24H35N3O4S. The maximum absolute atomic E-state index is 12.5. The second kappa shape index (κ2) is 12.2. The van der Waals surface area contributed by atoms with E-state index in [1.165, 1.54) is 38.2 Å². The summed E-state index contributed by atoms with van der Waals surface area (Å²) in [6, 6.07) is 9.17. The molecule has 1 aromatic carbocycles. The Morgan fingerprint density at radius 2 is 1.50 bits per heavy atom. The Labute approximate surface area is 191 Å². The van der Waals surface area contributed by atoms with Crippen LogP contribution in [-0.4, -0.2) is 62.8 Å². The fraction of sp³-hybridized carbons (Fsp3) is 0.583. The minimum atomic E-state index is -3.60. The van der Waals surface area contributed by atoms with Gasteiger partial charge >= 0.3 is 0 Å². The monoisotopic (exact) mass is 461 g/mol. The number of carbonyl (C=O) groups is 2. The van der Waals surface area contributed by atoms with Crippen LogP contribution in [0.1, 0.15) is 56.9 Å². The molecule has 32 heavy (non-hydrogen) atoms. The SMILES string of the molecule is O=C(CCNS(=O)(=O)C=Cc1ccccc1)N1CCN(C(=O)CCC2CCCCC2)CC1. The van der Waals surface area contributed by atoms with E-state index in [1.807, 2.05) is 35.2 Å². The average molecular weight is 462 g/mol. The topological polar surface area (TPSA) is 86.8 Å². The predicted octanol–water partition coefficient (Wildman–Crippen LogP) is 3.00. The van der Waals surface area contributed by atoms with E-state index in [1.54, 1.807) is 4.90 Å². The number of carbonyl (C=O) groups excluding carboxylic acids is 2. The van der Waals surface area contributed by atoms with Crippen molar-refractivity contribution in [3.8, 4) is 0 Å². The van der Waals surface area contributed by atoms with Crippen LogP contribution in [0.2, 0.25) is 0 Å². The van der Waals surface area contributed by atoms with Crippen molar-refractivity contribution >= 4 is 27.9 Å². The highest BCUT2D eigenvalue weighted by Crippen LogP contribution is 2.27. The molecule has 1 aliphatic heterocycles. The Hall–Kier alpha value is -2.19. The largest absolute Gasteiger partial charge is 0.339 e. The first kappa shape index (κ1) is 24.5. The predicted molar refractivity (Wildman–Crippen MR) is 126 cm³/mol. The van der Waals surface area contributed by atoms with E-state index >= 15 is 0 Å². The molecule has 1 N–H and O–H groups in total. The Morgan fingerprint density at radius 3 is 2.12 bits per heavy atom. The minimum Gasteiger partial charge on any atom is -0.339 e. The third-order valence-corrected chi connectivity index (χ3v) is 7.46. The van der Waals surface area contributed by atoms with Crippen molar-refractivity contribution in [2.45, 2.75) is 51.4 Å². The molecule has 0 spiro atoms. The van der Waals surface area contributed by atoms with Crippen LogP contribution in [0.3, 0.4) is 0 Å². The number of nitrogens with one attached hydrogen (secondary N) is 1. The number of amides is 2. The van der Waals surface area contributed by atoms with Crippen molar-refractivity contribution in [3.63, 3.8) is 0 Å². The van der Waals surface area contributed by atoms with Crippen LogP contribution >= 0.6 is 0 Å². The Balaban J connectivity index is 1.33. The van der Waals surface area contributed by atoms with Gasteiger partial charge in [0.2, 0.25) is 21.8 Å². The molecule has 1 aliphatic carbocycles. The second-order valence-electron chi connectivity index (χ2n) is 8.71. The van der Waals surface area contributed by atoms with Gasteiger partial charge in [0.05, 0.1) is 0 Å². The fourth-order valence-electron chi connectivity index (χ4n) is 4.41. The average Bonchev–Trinajstić information content (AvgIpc) is 2.82. The van der Waals surface area contributed by atoms with Gasteiger partial charge in [-0.15, -0.1) is 0 Å². The first-order valence-corrected chi connectivity index (χ1v) is 13.3. The van der Waals surface area contributed by atoms with E-state index in [0.29, 0.717) is 38.5 Å². The number of hydrogen-bond donors (Lipinski definition) is 1. The van der Waals surface area contributed by atoms with Crippen molar-refractivity contribution in [2.75, 3.05) is 32.7 Å². The third kappa shape index (κ3) is 8.06. The van der Waals surface area contributed by atoms with E-state index in [4.69, 9.17) is 0 Å². The molecule has 7 nitrogen and oxygen atoms in total. The molecule has 0 aromatic heterocycles. The van der Waals surface area contributed by atoms with Crippen molar-refractivity contribution in [1.82, 2.24) is 14.5 Å². The number of rotatable bonds is 9. The van der Waals surface area contributed by atoms with Crippen LogP contribution in [0.25, 0.3) is 6.08 Å². The zero-order chi connectivity index (χ0) is 22.8. The summed E-state index contributed by atoms with van der Waals surface area (Å²) >= 11 is 0. The highest BCUT2D eigenvalue weighted by Gasteiger charge is 2.24. The zero-order valence-electron chi connectivity index (χ0n) is 18.7. The van der Waals surface area contributed by atoms with E-state index in [0.717, 1.165) is 17.4 Å². The van der Waals surface area contributed by atoms with Gasteiger partial charge in [-0.2, -0.15) is 0 Å². The fourth-order valence-corrected chi connectivity index (χ4v) is 5.22. The highest BCUT2D eigenvalue weighted by molar-refractivity contribution is 7.92. The summed E-state index contributed by atoms with van der Waals surface area (Å²) < 4.78 is 26.6. The van der Waals surface area contributed by atoms with Gasteiger partial charge in [0, 0.05) is 51.0 Å². The summed E-state index contributed by atoms with van der Waals surface area (Å²) in [7, 11) is -3.60. The Kier molecular flexibility index (Phi) is 9.29. The Morgan fingerprint density at radius 1 is 0.906 bits per heavy atom. The van der Waals surface area contributed by atoms with Crippen molar-refractivity contribution in [3.05, 3.63) is 41.3 Å². The molecule has 1 saturated carbocycles.